The molecule has 0 unspecified atom stereocenters. The molecule has 0 radical (unpaired) electrons. The molecule has 2 rings (SSSR count). The average Bonchev–Trinajstić information content (AvgIpc) is 2.67. The molecule has 6 nitrogen and oxygen atoms in total. The van der Waals surface area contributed by atoms with Crippen molar-refractivity contribution in [3.05, 3.63) is 29.3 Å². The average molecular weight is 247 g/mol. The highest BCUT2D eigenvalue weighted by molar-refractivity contribution is 5.32. The van der Waals surface area contributed by atoms with Gasteiger partial charge in [-0.3, -0.25) is 4.68 Å². The minimum atomic E-state index is 0.421. The minimum absolute atomic E-state index is 0.421. The van der Waals surface area contributed by atoms with Gasteiger partial charge in [0.2, 0.25) is 5.95 Å². The zero-order chi connectivity index (χ0) is 13.1. The summed E-state index contributed by atoms with van der Waals surface area (Å²) in [5.41, 5.74) is 2.81. The van der Waals surface area contributed by atoms with E-state index in [2.05, 4.69) is 20.4 Å². The number of aryl methyl sites for hydroxylation is 3. The second-order valence-corrected chi connectivity index (χ2v) is 4.08. The van der Waals surface area contributed by atoms with Crippen LogP contribution in [0.4, 0.5) is 5.95 Å². The Hall–Kier alpha value is -2.11. The molecule has 2 aromatic rings. The summed E-state index contributed by atoms with van der Waals surface area (Å²) in [5.74, 6) is 1.27. The van der Waals surface area contributed by atoms with Crippen LogP contribution in [0.1, 0.15) is 17.1 Å². The maximum absolute atomic E-state index is 5.66. The van der Waals surface area contributed by atoms with Crippen LogP contribution in [0, 0.1) is 13.8 Å². The molecule has 0 aromatic carbocycles. The van der Waals surface area contributed by atoms with Crippen LogP contribution in [0.15, 0.2) is 12.3 Å². The predicted octanol–water partition coefficient (Wildman–Crippen LogP) is 1.45. The van der Waals surface area contributed by atoms with Crippen molar-refractivity contribution in [2.24, 2.45) is 7.05 Å². The first kappa shape index (κ1) is 12.3. The quantitative estimate of drug-likeness (QED) is 0.885. The van der Waals surface area contributed by atoms with E-state index in [1.807, 2.05) is 31.6 Å². The Morgan fingerprint density at radius 1 is 1.39 bits per heavy atom. The van der Waals surface area contributed by atoms with Crippen LogP contribution in [-0.2, 0) is 13.7 Å². The van der Waals surface area contributed by atoms with Crippen LogP contribution in [-0.4, -0.2) is 26.8 Å². The molecule has 96 valence electrons. The topological polar surface area (TPSA) is 64.9 Å². The fraction of sp³-hybridized carbons (Fsp3) is 0.417. The lowest BCUT2D eigenvalue weighted by Gasteiger charge is -2.07. The van der Waals surface area contributed by atoms with Gasteiger partial charge in [-0.2, -0.15) is 5.10 Å². The molecule has 0 aliphatic rings. The number of aromatic nitrogens is 4. The summed E-state index contributed by atoms with van der Waals surface area (Å²) in [7, 11) is 3.70. The minimum Gasteiger partial charge on any atom is -0.484 e. The summed E-state index contributed by atoms with van der Waals surface area (Å²) in [4.78, 5) is 8.37. The van der Waals surface area contributed by atoms with E-state index in [-0.39, 0.29) is 0 Å². The van der Waals surface area contributed by atoms with Crippen molar-refractivity contribution >= 4 is 5.95 Å². The van der Waals surface area contributed by atoms with Gasteiger partial charge < -0.3 is 10.1 Å². The van der Waals surface area contributed by atoms with Crippen LogP contribution in [0.25, 0.3) is 0 Å². The molecule has 0 aliphatic carbocycles. The van der Waals surface area contributed by atoms with Crippen LogP contribution < -0.4 is 10.1 Å². The Morgan fingerprint density at radius 2 is 2.17 bits per heavy atom. The van der Waals surface area contributed by atoms with E-state index in [1.165, 1.54) is 0 Å². The van der Waals surface area contributed by atoms with Gasteiger partial charge in [0, 0.05) is 19.8 Å². The molecule has 0 atom stereocenters. The van der Waals surface area contributed by atoms with E-state index in [1.54, 1.807) is 13.2 Å². The molecule has 0 spiro atoms. The zero-order valence-corrected chi connectivity index (χ0v) is 11.1. The monoisotopic (exact) mass is 247 g/mol. The van der Waals surface area contributed by atoms with Crippen LogP contribution in [0.2, 0.25) is 0 Å². The normalized spacial score (nSPS) is 10.4. The molecule has 0 saturated heterocycles. The molecule has 0 bridgehead atoms. The molecule has 18 heavy (non-hydrogen) atoms. The van der Waals surface area contributed by atoms with Crippen LogP contribution in [0.5, 0.6) is 5.75 Å². The lowest BCUT2D eigenvalue weighted by Crippen LogP contribution is -2.03. The van der Waals surface area contributed by atoms with Crippen molar-refractivity contribution in [3.63, 3.8) is 0 Å². The van der Waals surface area contributed by atoms with Gasteiger partial charge in [0.05, 0.1) is 11.9 Å². The second kappa shape index (κ2) is 5.03. The fourth-order valence-corrected chi connectivity index (χ4v) is 1.58. The Labute approximate surface area is 106 Å². The number of anilines is 1. The van der Waals surface area contributed by atoms with Crippen LogP contribution >= 0.6 is 0 Å². The molecule has 1 N–H and O–H groups in total. The highest BCUT2D eigenvalue weighted by Crippen LogP contribution is 2.16. The van der Waals surface area contributed by atoms with Gasteiger partial charge in [-0.05, 0) is 19.9 Å². The Morgan fingerprint density at radius 3 is 2.72 bits per heavy atom. The maximum atomic E-state index is 5.66. The van der Waals surface area contributed by atoms with Crippen molar-refractivity contribution in [2.45, 2.75) is 20.5 Å². The summed E-state index contributed by atoms with van der Waals surface area (Å²) in [6.07, 6.45) is 1.67. The Kier molecular flexibility index (Phi) is 3.45. The zero-order valence-electron chi connectivity index (χ0n) is 11.1. The van der Waals surface area contributed by atoms with Gasteiger partial charge in [0.1, 0.15) is 12.3 Å². The molecular weight excluding hydrogens is 230 g/mol. The van der Waals surface area contributed by atoms with Gasteiger partial charge in [-0.1, -0.05) is 0 Å². The van der Waals surface area contributed by atoms with Crippen molar-refractivity contribution in [1.82, 2.24) is 19.7 Å². The third-order valence-electron chi connectivity index (χ3n) is 2.70. The lowest BCUT2D eigenvalue weighted by molar-refractivity contribution is 0.295. The number of nitrogens with one attached hydrogen (secondary N) is 1. The molecule has 0 saturated carbocycles. The molecular formula is C12H17N5O. The van der Waals surface area contributed by atoms with Crippen LogP contribution in [0.3, 0.4) is 0 Å². The number of ether oxygens (including phenoxy) is 1. The predicted molar refractivity (Wildman–Crippen MR) is 68.6 cm³/mol. The number of rotatable bonds is 4. The molecule has 0 amide bonds. The summed E-state index contributed by atoms with van der Waals surface area (Å²) in [6.45, 7) is 4.32. The van der Waals surface area contributed by atoms with Crippen molar-refractivity contribution in [3.8, 4) is 5.75 Å². The maximum Gasteiger partial charge on any atom is 0.222 e. The van der Waals surface area contributed by atoms with E-state index >= 15 is 0 Å². The van der Waals surface area contributed by atoms with Gasteiger partial charge in [0.25, 0.3) is 0 Å². The van der Waals surface area contributed by atoms with Crippen molar-refractivity contribution in [2.75, 3.05) is 12.4 Å². The highest BCUT2D eigenvalue weighted by atomic mass is 16.5. The third-order valence-corrected chi connectivity index (χ3v) is 2.70. The van der Waals surface area contributed by atoms with E-state index in [4.69, 9.17) is 4.74 Å². The summed E-state index contributed by atoms with van der Waals surface area (Å²) in [6, 6.07) is 2.00. The van der Waals surface area contributed by atoms with E-state index in [0.717, 1.165) is 17.1 Å². The van der Waals surface area contributed by atoms with Gasteiger partial charge >= 0.3 is 0 Å². The van der Waals surface area contributed by atoms with Gasteiger partial charge in [-0.15, -0.1) is 0 Å². The summed E-state index contributed by atoms with van der Waals surface area (Å²) in [5, 5.41) is 7.21. The molecule has 6 heteroatoms. The standard InChI is InChI=1S/C12H17N5O/c1-8-5-10(16-17(8)4)7-18-11-6-14-12(13-3)15-9(11)2/h5-6H,7H2,1-4H3,(H,13,14,15). The first-order chi connectivity index (χ1) is 8.60. The second-order valence-electron chi connectivity index (χ2n) is 4.08. The highest BCUT2D eigenvalue weighted by Gasteiger charge is 2.06. The Balaban J connectivity index is 2.06. The van der Waals surface area contributed by atoms with E-state index in [9.17, 15) is 0 Å². The number of hydrogen-bond acceptors (Lipinski definition) is 5. The third kappa shape index (κ3) is 2.58. The van der Waals surface area contributed by atoms with E-state index in [0.29, 0.717) is 18.3 Å². The smallest absolute Gasteiger partial charge is 0.222 e. The number of hydrogen-bond donors (Lipinski definition) is 1. The SMILES string of the molecule is CNc1ncc(OCc2cc(C)n(C)n2)c(C)n1. The first-order valence-corrected chi connectivity index (χ1v) is 5.74. The van der Waals surface area contributed by atoms with Crippen molar-refractivity contribution < 1.29 is 4.74 Å². The Bertz CT molecular complexity index is 530. The number of nitrogens with zero attached hydrogens (tertiary/aromatic N) is 4. The van der Waals surface area contributed by atoms with Crippen molar-refractivity contribution in [1.29, 1.82) is 0 Å². The molecule has 2 heterocycles. The summed E-state index contributed by atoms with van der Waals surface area (Å²) >= 11 is 0. The fourth-order valence-electron chi connectivity index (χ4n) is 1.58. The largest absolute Gasteiger partial charge is 0.484 e. The van der Waals surface area contributed by atoms with E-state index < -0.39 is 0 Å². The van der Waals surface area contributed by atoms with Gasteiger partial charge in [0.15, 0.2) is 5.75 Å². The van der Waals surface area contributed by atoms with Gasteiger partial charge in [-0.25, -0.2) is 9.97 Å². The first-order valence-electron chi connectivity index (χ1n) is 5.74. The molecule has 0 fully saturated rings. The lowest BCUT2D eigenvalue weighted by atomic mass is 10.4. The summed E-state index contributed by atoms with van der Waals surface area (Å²) < 4.78 is 7.49. The molecule has 2 aromatic heterocycles. The molecule has 0 aliphatic heterocycles.